The zero-order chi connectivity index (χ0) is 17.9. The van der Waals surface area contributed by atoms with Gasteiger partial charge in [0.15, 0.2) is 0 Å². The van der Waals surface area contributed by atoms with E-state index in [9.17, 15) is 14.7 Å². The lowest BCUT2D eigenvalue weighted by Gasteiger charge is -2.23. The van der Waals surface area contributed by atoms with Gasteiger partial charge in [0, 0.05) is 12.1 Å². The zero-order valence-electron chi connectivity index (χ0n) is 14.6. The van der Waals surface area contributed by atoms with Crippen LogP contribution in [-0.2, 0) is 9.59 Å². The van der Waals surface area contributed by atoms with Crippen molar-refractivity contribution in [3.8, 4) is 0 Å². The zero-order valence-corrected chi connectivity index (χ0v) is 14.6. The Morgan fingerprint density at radius 3 is 2.36 bits per heavy atom. The SMILES string of the molecule is O=C(C=Cc1ccccc1)N[C@@H](CO)C(=O)NC1CCCCCCC1. The fourth-order valence-electron chi connectivity index (χ4n) is 3.05. The lowest BCUT2D eigenvalue weighted by Crippen LogP contribution is -2.51. The van der Waals surface area contributed by atoms with Crippen LogP contribution in [0.5, 0.6) is 0 Å². The second-order valence-corrected chi connectivity index (χ2v) is 6.54. The molecule has 0 spiro atoms. The van der Waals surface area contributed by atoms with Gasteiger partial charge >= 0.3 is 0 Å². The van der Waals surface area contributed by atoms with Gasteiger partial charge in [0.05, 0.1) is 6.61 Å². The molecule has 1 fully saturated rings. The van der Waals surface area contributed by atoms with E-state index in [1.165, 1.54) is 25.3 Å². The van der Waals surface area contributed by atoms with Gasteiger partial charge in [-0.25, -0.2) is 0 Å². The van der Waals surface area contributed by atoms with Crippen LogP contribution in [0.15, 0.2) is 36.4 Å². The van der Waals surface area contributed by atoms with E-state index in [1.807, 2.05) is 30.3 Å². The van der Waals surface area contributed by atoms with Crippen LogP contribution >= 0.6 is 0 Å². The van der Waals surface area contributed by atoms with Crippen molar-refractivity contribution in [2.24, 2.45) is 0 Å². The highest BCUT2D eigenvalue weighted by Crippen LogP contribution is 2.17. The number of hydrogen-bond acceptors (Lipinski definition) is 3. The Labute approximate surface area is 149 Å². The fraction of sp³-hybridized carbons (Fsp3) is 0.500. The van der Waals surface area contributed by atoms with E-state index in [0.717, 1.165) is 31.2 Å². The van der Waals surface area contributed by atoms with Crippen molar-refractivity contribution in [2.75, 3.05) is 6.61 Å². The van der Waals surface area contributed by atoms with Crippen LogP contribution in [0.3, 0.4) is 0 Å². The summed E-state index contributed by atoms with van der Waals surface area (Å²) >= 11 is 0. The molecule has 0 unspecified atom stereocenters. The minimum Gasteiger partial charge on any atom is -0.394 e. The van der Waals surface area contributed by atoms with Gasteiger partial charge in [-0.15, -0.1) is 0 Å². The van der Waals surface area contributed by atoms with Crippen molar-refractivity contribution < 1.29 is 14.7 Å². The molecule has 1 aliphatic carbocycles. The molecular formula is C20H28N2O3. The third-order valence-electron chi connectivity index (χ3n) is 4.49. The van der Waals surface area contributed by atoms with Gasteiger partial charge in [-0.05, 0) is 24.5 Å². The summed E-state index contributed by atoms with van der Waals surface area (Å²) in [6.07, 6.45) is 10.9. The standard InChI is InChI=1S/C20H28N2O3/c23-15-18(20(25)21-17-11-7-2-1-3-8-12-17)22-19(24)14-13-16-9-5-4-6-10-16/h4-6,9-10,13-14,17-18,23H,1-3,7-8,11-12,15H2,(H,21,25)(H,22,24)/t18-/m0/s1. The molecule has 0 saturated heterocycles. The first-order valence-electron chi connectivity index (χ1n) is 9.14. The number of hydrogen-bond donors (Lipinski definition) is 3. The molecule has 0 heterocycles. The summed E-state index contributed by atoms with van der Waals surface area (Å²) in [5.74, 6) is -0.703. The summed E-state index contributed by atoms with van der Waals surface area (Å²) in [5, 5.41) is 15.0. The number of nitrogens with one attached hydrogen (secondary N) is 2. The molecule has 1 aliphatic rings. The average Bonchev–Trinajstić information content (AvgIpc) is 2.60. The van der Waals surface area contributed by atoms with E-state index < -0.39 is 18.6 Å². The summed E-state index contributed by atoms with van der Waals surface area (Å²) in [4.78, 5) is 24.3. The van der Waals surface area contributed by atoms with E-state index in [4.69, 9.17) is 0 Å². The molecule has 136 valence electrons. The lowest BCUT2D eigenvalue weighted by atomic mass is 9.96. The Bertz CT molecular complexity index is 564. The molecule has 3 N–H and O–H groups in total. The molecule has 1 saturated carbocycles. The van der Waals surface area contributed by atoms with Gasteiger partial charge in [0.1, 0.15) is 6.04 Å². The fourth-order valence-corrected chi connectivity index (χ4v) is 3.05. The van der Waals surface area contributed by atoms with Gasteiger partial charge in [0.2, 0.25) is 11.8 Å². The maximum atomic E-state index is 12.3. The van der Waals surface area contributed by atoms with Gasteiger partial charge < -0.3 is 15.7 Å². The third kappa shape index (κ3) is 7.10. The van der Waals surface area contributed by atoms with Crippen LogP contribution in [-0.4, -0.2) is 35.6 Å². The Balaban J connectivity index is 1.84. The van der Waals surface area contributed by atoms with Crippen LogP contribution in [0.1, 0.15) is 50.5 Å². The molecule has 0 aromatic heterocycles. The Morgan fingerprint density at radius 1 is 1.08 bits per heavy atom. The van der Waals surface area contributed by atoms with Crippen LogP contribution in [0.25, 0.3) is 6.08 Å². The highest BCUT2D eigenvalue weighted by atomic mass is 16.3. The molecule has 25 heavy (non-hydrogen) atoms. The second-order valence-electron chi connectivity index (χ2n) is 6.54. The van der Waals surface area contributed by atoms with Gasteiger partial charge in [-0.3, -0.25) is 9.59 Å². The topological polar surface area (TPSA) is 78.4 Å². The van der Waals surface area contributed by atoms with Gasteiger partial charge in [-0.1, -0.05) is 62.4 Å². The normalized spacial score (nSPS) is 17.5. The van der Waals surface area contributed by atoms with Crippen molar-refractivity contribution >= 4 is 17.9 Å². The Morgan fingerprint density at radius 2 is 1.72 bits per heavy atom. The summed E-state index contributed by atoms with van der Waals surface area (Å²) < 4.78 is 0. The van der Waals surface area contributed by atoms with E-state index >= 15 is 0 Å². The first kappa shape index (κ1) is 19.2. The van der Waals surface area contributed by atoms with Crippen molar-refractivity contribution in [2.45, 2.75) is 57.0 Å². The monoisotopic (exact) mass is 344 g/mol. The molecule has 1 aromatic rings. The predicted octanol–water partition coefficient (Wildman–Crippen LogP) is 2.41. The lowest BCUT2D eigenvalue weighted by molar-refractivity contribution is -0.128. The van der Waals surface area contributed by atoms with E-state index in [1.54, 1.807) is 6.08 Å². The number of benzene rings is 1. The van der Waals surface area contributed by atoms with Crippen molar-refractivity contribution in [1.29, 1.82) is 0 Å². The number of carbonyl (C=O) groups is 2. The third-order valence-corrected chi connectivity index (χ3v) is 4.49. The number of aliphatic hydroxyl groups is 1. The first-order valence-corrected chi connectivity index (χ1v) is 9.14. The second kappa shape index (κ2) is 10.7. The summed E-state index contributed by atoms with van der Waals surface area (Å²) in [5.41, 5.74) is 0.900. The van der Waals surface area contributed by atoms with Crippen LogP contribution in [0.4, 0.5) is 0 Å². The summed E-state index contributed by atoms with van der Waals surface area (Å²) in [7, 11) is 0. The minimum absolute atomic E-state index is 0.138. The molecule has 0 radical (unpaired) electrons. The molecule has 0 aliphatic heterocycles. The van der Waals surface area contributed by atoms with Crippen LogP contribution in [0.2, 0.25) is 0 Å². The van der Waals surface area contributed by atoms with E-state index in [2.05, 4.69) is 10.6 Å². The van der Waals surface area contributed by atoms with E-state index in [0.29, 0.717) is 0 Å². The summed E-state index contributed by atoms with van der Waals surface area (Å²) in [6, 6.07) is 8.66. The first-order chi connectivity index (χ1) is 12.2. The van der Waals surface area contributed by atoms with Crippen molar-refractivity contribution in [3.05, 3.63) is 42.0 Å². The molecule has 2 rings (SSSR count). The molecule has 2 amide bonds. The van der Waals surface area contributed by atoms with Crippen molar-refractivity contribution in [1.82, 2.24) is 10.6 Å². The number of rotatable bonds is 6. The van der Waals surface area contributed by atoms with Gasteiger partial charge in [-0.2, -0.15) is 0 Å². The number of amides is 2. The van der Waals surface area contributed by atoms with Crippen molar-refractivity contribution in [3.63, 3.8) is 0 Å². The van der Waals surface area contributed by atoms with Crippen LogP contribution < -0.4 is 10.6 Å². The van der Waals surface area contributed by atoms with Gasteiger partial charge in [0.25, 0.3) is 0 Å². The highest BCUT2D eigenvalue weighted by Gasteiger charge is 2.22. The average molecular weight is 344 g/mol. The number of carbonyl (C=O) groups excluding carboxylic acids is 2. The quantitative estimate of drug-likeness (QED) is 0.694. The molecule has 5 nitrogen and oxygen atoms in total. The van der Waals surface area contributed by atoms with Crippen LogP contribution in [0, 0.1) is 0 Å². The highest BCUT2D eigenvalue weighted by molar-refractivity contribution is 5.95. The maximum absolute atomic E-state index is 12.3. The molecule has 0 bridgehead atoms. The maximum Gasteiger partial charge on any atom is 0.245 e. The number of aliphatic hydroxyl groups excluding tert-OH is 1. The summed E-state index contributed by atoms with van der Waals surface area (Å²) in [6.45, 7) is -0.413. The smallest absolute Gasteiger partial charge is 0.245 e. The molecule has 1 aromatic carbocycles. The van der Waals surface area contributed by atoms with E-state index in [-0.39, 0.29) is 11.9 Å². The molecular weight excluding hydrogens is 316 g/mol. The minimum atomic E-state index is -0.918. The predicted molar refractivity (Wildman–Crippen MR) is 98.7 cm³/mol. The Hall–Kier alpha value is -2.14. The largest absolute Gasteiger partial charge is 0.394 e. The molecule has 5 heteroatoms. The molecule has 1 atom stereocenters. The Kier molecular flexibility index (Phi) is 8.19.